The van der Waals surface area contributed by atoms with Gasteiger partial charge >= 0.3 is 0 Å². The fourth-order valence-corrected chi connectivity index (χ4v) is 2.00. The molecule has 0 N–H and O–H groups in total. The van der Waals surface area contributed by atoms with Crippen LogP contribution in [0.2, 0.25) is 5.02 Å². The van der Waals surface area contributed by atoms with Gasteiger partial charge in [-0.3, -0.25) is 10.1 Å². The maximum absolute atomic E-state index is 10.7. The van der Waals surface area contributed by atoms with Crippen LogP contribution in [0.25, 0.3) is 0 Å². The van der Waals surface area contributed by atoms with Crippen molar-refractivity contribution in [1.29, 1.82) is 0 Å². The molecule has 0 saturated carbocycles. The number of allylic oxidation sites excluding steroid dienone is 4. The Hall–Kier alpha value is -1.61. The quantitative estimate of drug-likeness (QED) is 0.577. The molecule has 0 radical (unpaired) electrons. The summed E-state index contributed by atoms with van der Waals surface area (Å²) in [5.41, 5.74) is 0.902. The lowest BCUT2D eigenvalue weighted by Crippen LogP contribution is -1.99. The van der Waals surface area contributed by atoms with E-state index in [0.29, 0.717) is 5.02 Å². The maximum Gasteiger partial charge on any atom is 0.269 e. The molecule has 4 heteroatoms. The van der Waals surface area contributed by atoms with Gasteiger partial charge in [-0.05, 0) is 18.1 Å². The number of nitro benzene ring substituents is 1. The van der Waals surface area contributed by atoms with Crippen LogP contribution in [0.5, 0.6) is 0 Å². The van der Waals surface area contributed by atoms with E-state index < -0.39 is 4.92 Å². The van der Waals surface area contributed by atoms with Crippen molar-refractivity contribution in [2.24, 2.45) is 0 Å². The van der Waals surface area contributed by atoms with Gasteiger partial charge in [-0.25, -0.2) is 0 Å². The van der Waals surface area contributed by atoms with Gasteiger partial charge in [0.05, 0.1) is 4.92 Å². The third kappa shape index (κ3) is 2.14. The lowest BCUT2D eigenvalue weighted by Gasteiger charge is -2.14. The average molecular weight is 236 g/mol. The summed E-state index contributed by atoms with van der Waals surface area (Å²) in [6, 6.07) is 4.56. The number of benzene rings is 1. The third-order valence-corrected chi connectivity index (χ3v) is 2.91. The average Bonchev–Trinajstić information content (AvgIpc) is 2.30. The molecule has 0 heterocycles. The van der Waals surface area contributed by atoms with Crippen LogP contribution in [0.1, 0.15) is 17.9 Å². The predicted molar refractivity (Wildman–Crippen MR) is 63.7 cm³/mol. The Balaban J connectivity index is 2.39. The van der Waals surface area contributed by atoms with Crippen molar-refractivity contribution in [1.82, 2.24) is 0 Å². The SMILES string of the molecule is O=[N+]([O-])c1ccc(Cl)c(C2C=CC=CC2)c1. The Morgan fingerprint density at radius 3 is 2.81 bits per heavy atom. The molecule has 1 aliphatic carbocycles. The lowest BCUT2D eigenvalue weighted by atomic mass is 9.92. The number of nitro groups is 1. The van der Waals surface area contributed by atoms with Gasteiger partial charge in [0.15, 0.2) is 0 Å². The van der Waals surface area contributed by atoms with Crippen molar-refractivity contribution in [2.45, 2.75) is 12.3 Å². The van der Waals surface area contributed by atoms with Crippen molar-refractivity contribution < 1.29 is 4.92 Å². The van der Waals surface area contributed by atoms with Crippen LogP contribution < -0.4 is 0 Å². The molecule has 0 fully saturated rings. The van der Waals surface area contributed by atoms with Crippen molar-refractivity contribution in [3.05, 3.63) is 63.2 Å². The maximum atomic E-state index is 10.7. The standard InChI is InChI=1S/C12H10ClNO2/c13-12-7-6-10(14(15)16)8-11(12)9-4-2-1-3-5-9/h1-4,6-9H,5H2. The minimum atomic E-state index is -0.401. The Morgan fingerprint density at radius 1 is 1.38 bits per heavy atom. The summed E-state index contributed by atoms with van der Waals surface area (Å²) in [6.07, 6.45) is 8.76. The molecule has 2 rings (SSSR count). The van der Waals surface area contributed by atoms with Gasteiger partial charge in [-0.1, -0.05) is 35.9 Å². The van der Waals surface area contributed by atoms with E-state index in [2.05, 4.69) is 0 Å². The van der Waals surface area contributed by atoms with Crippen LogP contribution in [-0.4, -0.2) is 4.92 Å². The van der Waals surface area contributed by atoms with Gasteiger partial charge in [0.25, 0.3) is 5.69 Å². The molecule has 0 spiro atoms. The molecule has 3 nitrogen and oxygen atoms in total. The highest BCUT2D eigenvalue weighted by molar-refractivity contribution is 6.31. The fourth-order valence-electron chi connectivity index (χ4n) is 1.74. The summed E-state index contributed by atoms with van der Waals surface area (Å²) >= 11 is 6.05. The van der Waals surface area contributed by atoms with Crippen LogP contribution >= 0.6 is 11.6 Å². The minimum absolute atomic E-state index is 0.0855. The van der Waals surface area contributed by atoms with E-state index in [-0.39, 0.29) is 11.6 Å². The highest BCUT2D eigenvalue weighted by atomic mass is 35.5. The predicted octanol–water partition coefficient (Wildman–Crippen LogP) is 3.85. The molecular weight excluding hydrogens is 226 g/mol. The third-order valence-electron chi connectivity index (χ3n) is 2.57. The van der Waals surface area contributed by atoms with Gasteiger partial charge in [0, 0.05) is 23.1 Å². The number of nitrogens with zero attached hydrogens (tertiary/aromatic N) is 1. The van der Waals surface area contributed by atoms with E-state index in [9.17, 15) is 10.1 Å². The molecule has 82 valence electrons. The molecule has 1 atom stereocenters. The molecule has 0 aromatic heterocycles. The Kier molecular flexibility index (Phi) is 3.06. The molecule has 0 bridgehead atoms. The highest BCUT2D eigenvalue weighted by Gasteiger charge is 2.16. The van der Waals surface area contributed by atoms with Gasteiger partial charge < -0.3 is 0 Å². The normalized spacial score (nSPS) is 18.7. The first-order valence-electron chi connectivity index (χ1n) is 4.95. The number of hydrogen-bond acceptors (Lipinski definition) is 2. The molecule has 0 saturated heterocycles. The summed E-state index contributed by atoms with van der Waals surface area (Å²) in [5, 5.41) is 11.3. The summed E-state index contributed by atoms with van der Waals surface area (Å²) in [5.74, 6) is 0.136. The van der Waals surface area contributed by atoms with Gasteiger partial charge in [0.1, 0.15) is 0 Å². The van der Waals surface area contributed by atoms with Crippen LogP contribution in [0.4, 0.5) is 5.69 Å². The number of hydrogen-bond donors (Lipinski definition) is 0. The Morgan fingerprint density at radius 2 is 2.19 bits per heavy atom. The first kappa shape index (κ1) is 10.9. The zero-order valence-corrected chi connectivity index (χ0v) is 9.22. The smallest absolute Gasteiger partial charge is 0.258 e. The highest BCUT2D eigenvalue weighted by Crippen LogP contribution is 2.32. The van der Waals surface area contributed by atoms with Gasteiger partial charge in [0.2, 0.25) is 0 Å². The fraction of sp³-hybridized carbons (Fsp3) is 0.167. The number of halogens is 1. The first-order chi connectivity index (χ1) is 7.68. The largest absolute Gasteiger partial charge is 0.269 e. The van der Waals surface area contributed by atoms with E-state index >= 15 is 0 Å². The molecule has 1 aliphatic rings. The number of non-ortho nitro benzene ring substituents is 1. The lowest BCUT2D eigenvalue weighted by molar-refractivity contribution is -0.384. The monoisotopic (exact) mass is 235 g/mol. The first-order valence-corrected chi connectivity index (χ1v) is 5.33. The van der Waals surface area contributed by atoms with Crippen LogP contribution in [0, 0.1) is 10.1 Å². The van der Waals surface area contributed by atoms with E-state index in [1.54, 1.807) is 12.1 Å². The topological polar surface area (TPSA) is 43.1 Å². The van der Waals surface area contributed by atoms with E-state index in [1.807, 2.05) is 24.3 Å². The minimum Gasteiger partial charge on any atom is -0.258 e. The van der Waals surface area contributed by atoms with Crippen molar-refractivity contribution >= 4 is 17.3 Å². The molecule has 1 aromatic rings. The molecule has 0 amide bonds. The van der Waals surface area contributed by atoms with Crippen molar-refractivity contribution in [3.8, 4) is 0 Å². The second-order valence-electron chi connectivity index (χ2n) is 3.62. The summed E-state index contributed by atoms with van der Waals surface area (Å²) < 4.78 is 0. The molecule has 0 aliphatic heterocycles. The zero-order valence-electron chi connectivity index (χ0n) is 8.47. The molecule has 1 unspecified atom stereocenters. The van der Waals surface area contributed by atoms with Gasteiger partial charge in [-0.15, -0.1) is 0 Å². The summed E-state index contributed by atoms with van der Waals surface area (Å²) in [7, 11) is 0. The van der Waals surface area contributed by atoms with Crippen LogP contribution in [0.3, 0.4) is 0 Å². The van der Waals surface area contributed by atoms with E-state index in [0.717, 1.165) is 12.0 Å². The van der Waals surface area contributed by atoms with Crippen LogP contribution in [0.15, 0.2) is 42.5 Å². The Labute approximate surface area is 98.2 Å². The van der Waals surface area contributed by atoms with Crippen LogP contribution in [-0.2, 0) is 0 Å². The number of rotatable bonds is 2. The Bertz CT molecular complexity index is 480. The van der Waals surface area contributed by atoms with Crippen molar-refractivity contribution in [3.63, 3.8) is 0 Å². The van der Waals surface area contributed by atoms with Crippen molar-refractivity contribution in [2.75, 3.05) is 0 Å². The summed E-state index contributed by atoms with van der Waals surface area (Å²) in [6.45, 7) is 0. The van der Waals surface area contributed by atoms with E-state index in [4.69, 9.17) is 11.6 Å². The summed E-state index contributed by atoms with van der Waals surface area (Å²) in [4.78, 5) is 10.3. The second-order valence-corrected chi connectivity index (χ2v) is 4.03. The molecule has 1 aromatic carbocycles. The van der Waals surface area contributed by atoms with Gasteiger partial charge in [-0.2, -0.15) is 0 Å². The van der Waals surface area contributed by atoms with E-state index in [1.165, 1.54) is 6.07 Å². The molecular formula is C12H10ClNO2. The molecule has 16 heavy (non-hydrogen) atoms. The zero-order chi connectivity index (χ0) is 11.5. The second kappa shape index (κ2) is 4.49.